The van der Waals surface area contributed by atoms with E-state index in [0.717, 1.165) is 12.5 Å². The van der Waals surface area contributed by atoms with Gasteiger partial charge in [0.05, 0.1) is 5.56 Å². The molecule has 2 aromatic rings. The van der Waals surface area contributed by atoms with Crippen LogP contribution in [0.15, 0.2) is 54.6 Å². The number of esters is 3. The molecule has 1 atom stereocenters. The third-order valence-electron chi connectivity index (χ3n) is 3.15. The zero-order valence-corrected chi connectivity index (χ0v) is 12.8. The highest BCUT2D eigenvalue weighted by Gasteiger charge is 2.28. The fourth-order valence-electron chi connectivity index (χ4n) is 2.05. The van der Waals surface area contributed by atoms with Gasteiger partial charge in [-0.3, -0.25) is 4.79 Å². The van der Waals surface area contributed by atoms with Crippen molar-refractivity contribution in [2.75, 3.05) is 0 Å². The van der Waals surface area contributed by atoms with E-state index in [1.165, 1.54) is 0 Å². The molecule has 0 saturated heterocycles. The number of aryl methyl sites for hydroxylation is 1. The van der Waals surface area contributed by atoms with Crippen molar-refractivity contribution in [3.63, 3.8) is 0 Å². The van der Waals surface area contributed by atoms with Crippen molar-refractivity contribution < 1.29 is 23.9 Å². The Labute approximate surface area is 133 Å². The number of carbonyl (C=O) groups is 3. The summed E-state index contributed by atoms with van der Waals surface area (Å²) in [5.41, 5.74) is 1.51. The minimum absolute atomic E-state index is 0.351. The van der Waals surface area contributed by atoms with E-state index < -0.39 is 24.0 Å². The molecule has 0 spiro atoms. The Morgan fingerprint density at radius 1 is 0.913 bits per heavy atom. The van der Waals surface area contributed by atoms with E-state index in [1.54, 1.807) is 61.5 Å². The van der Waals surface area contributed by atoms with E-state index in [4.69, 9.17) is 4.74 Å². The maximum absolute atomic E-state index is 12.3. The molecule has 5 heteroatoms. The molecule has 0 saturated carbocycles. The van der Waals surface area contributed by atoms with Crippen molar-refractivity contribution in [1.82, 2.24) is 0 Å². The van der Waals surface area contributed by atoms with Gasteiger partial charge in [-0.1, -0.05) is 48.5 Å². The largest absolute Gasteiger partial charge is 0.442 e. The van der Waals surface area contributed by atoms with Crippen LogP contribution in [0.5, 0.6) is 0 Å². The molecule has 0 aromatic heterocycles. The highest BCUT2D eigenvalue weighted by Crippen LogP contribution is 2.22. The minimum atomic E-state index is -1.30. The zero-order valence-electron chi connectivity index (χ0n) is 12.8. The van der Waals surface area contributed by atoms with Crippen LogP contribution in [0.25, 0.3) is 0 Å². The van der Waals surface area contributed by atoms with E-state index in [9.17, 15) is 14.4 Å². The summed E-state index contributed by atoms with van der Waals surface area (Å²) in [7, 11) is 0. The lowest BCUT2D eigenvalue weighted by Gasteiger charge is -2.16. The standard InChI is InChI=1S/C18H16O5/c1-12-8-6-7-11-15(12)17(20)23-16(18(21)22-13(2)19)14-9-4-3-5-10-14/h3-11,16H,1-2H3. The molecule has 2 aromatic carbocycles. The first-order valence-corrected chi connectivity index (χ1v) is 7.03. The Hall–Kier alpha value is -2.95. The molecule has 0 amide bonds. The van der Waals surface area contributed by atoms with Crippen LogP contribution in [0.4, 0.5) is 0 Å². The van der Waals surface area contributed by atoms with Gasteiger partial charge in [-0.05, 0) is 18.6 Å². The van der Waals surface area contributed by atoms with Gasteiger partial charge in [0.25, 0.3) is 0 Å². The second-order valence-corrected chi connectivity index (χ2v) is 4.92. The Bertz CT molecular complexity index is 721. The van der Waals surface area contributed by atoms with Gasteiger partial charge >= 0.3 is 17.9 Å². The normalized spacial score (nSPS) is 11.4. The summed E-state index contributed by atoms with van der Waals surface area (Å²) < 4.78 is 9.88. The number of hydrogen-bond acceptors (Lipinski definition) is 5. The predicted octanol–water partition coefficient (Wildman–Crippen LogP) is 2.98. The summed E-state index contributed by atoms with van der Waals surface area (Å²) in [5.74, 6) is -2.34. The van der Waals surface area contributed by atoms with Crippen LogP contribution in [0.1, 0.15) is 34.5 Å². The van der Waals surface area contributed by atoms with E-state index in [0.29, 0.717) is 11.1 Å². The molecule has 5 nitrogen and oxygen atoms in total. The number of carbonyl (C=O) groups excluding carboxylic acids is 3. The van der Waals surface area contributed by atoms with Gasteiger partial charge in [0.1, 0.15) is 0 Å². The molecule has 2 rings (SSSR count). The first-order valence-electron chi connectivity index (χ1n) is 7.03. The van der Waals surface area contributed by atoms with Gasteiger partial charge in [0.2, 0.25) is 6.10 Å². The van der Waals surface area contributed by atoms with Gasteiger partial charge in [-0.15, -0.1) is 0 Å². The molecule has 0 aliphatic rings. The summed E-state index contributed by atoms with van der Waals surface area (Å²) in [4.78, 5) is 35.4. The maximum Gasteiger partial charge on any atom is 0.359 e. The lowest BCUT2D eigenvalue weighted by molar-refractivity contribution is -0.165. The van der Waals surface area contributed by atoms with Crippen LogP contribution in [0.3, 0.4) is 0 Å². The molecule has 1 unspecified atom stereocenters. The average Bonchev–Trinajstić information content (AvgIpc) is 2.53. The van der Waals surface area contributed by atoms with Crippen molar-refractivity contribution in [2.24, 2.45) is 0 Å². The van der Waals surface area contributed by atoms with Crippen LogP contribution in [0, 0.1) is 6.92 Å². The summed E-state index contributed by atoms with van der Waals surface area (Å²) in [6, 6.07) is 15.3. The second-order valence-electron chi connectivity index (χ2n) is 4.92. The van der Waals surface area contributed by atoms with Gasteiger partial charge in [0.15, 0.2) is 0 Å². The molecule has 0 aliphatic carbocycles. The SMILES string of the molecule is CC(=O)OC(=O)C(OC(=O)c1ccccc1C)c1ccccc1. The Morgan fingerprint density at radius 2 is 1.52 bits per heavy atom. The lowest BCUT2D eigenvalue weighted by Crippen LogP contribution is -2.24. The first kappa shape index (κ1) is 16.4. The van der Waals surface area contributed by atoms with E-state index >= 15 is 0 Å². The monoisotopic (exact) mass is 312 g/mol. The van der Waals surface area contributed by atoms with Crippen molar-refractivity contribution in [2.45, 2.75) is 20.0 Å². The molecule has 0 N–H and O–H groups in total. The van der Waals surface area contributed by atoms with Crippen molar-refractivity contribution >= 4 is 17.9 Å². The van der Waals surface area contributed by atoms with E-state index in [2.05, 4.69) is 4.74 Å². The quantitative estimate of drug-likeness (QED) is 0.641. The predicted molar refractivity (Wildman–Crippen MR) is 82.6 cm³/mol. The van der Waals surface area contributed by atoms with Gasteiger partial charge in [-0.2, -0.15) is 0 Å². The summed E-state index contributed by atoms with van der Waals surface area (Å²) in [5, 5.41) is 0. The Kier molecular flexibility index (Phi) is 5.25. The van der Waals surface area contributed by atoms with Crippen molar-refractivity contribution in [1.29, 1.82) is 0 Å². The topological polar surface area (TPSA) is 69.7 Å². The minimum Gasteiger partial charge on any atom is -0.442 e. The Morgan fingerprint density at radius 3 is 2.13 bits per heavy atom. The summed E-state index contributed by atoms with van der Waals surface area (Å²) in [6.07, 6.45) is -1.30. The van der Waals surface area contributed by atoms with Gasteiger partial charge in [-0.25, -0.2) is 9.59 Å². The lowest BCUT2D eigenvalue weighted by atomic mass is 10.1. The Balaban J connectivity index is 2.28. The van der Waals surface area contributed by atoms with Crippen LogP contribution < -0.4 is 0 Å². The molecule has 0 aliphatic heterocycles. The third kappa shape index (κ3) is 4.26. The molecule has 118 valence electrons. The molecule has 23 heavy (non-hydrogen) atoms. The molecular weight excluding hydrogens is 296 g/mol. The average molecular weight is 312 g/mol. The van der Waals surface area contributed by atoms with Crippen LogP contribution in [-0.2, 0) is 19.1 Å². The fraction of sp³-hybridized carbons (Fsp3) is 0.167. The van der Waals surface area contributed by atoms with Gasteiger partial charge in [0, 0.05) is 12.5 Å². The van der Waals surface area contributed by atoms with Crippen LogP contribution in [-0.4, -0.2) is 17.9 Å². The van der Waals surface area contributed by atoms with Gasteiger partial charge < -0.3 is 9.47 Å². The fourth-order valence-corrected chi connectivity index (χ4v) is 2.05. The number of ether oxygens (including phenoxy) is 2. The molecule has 0 heterocycles. The third-order valence-corrected chi connectivity index (χ3v) is 3.15. The molecule has 0 radical (unpaired) electrons. The maximum atomic E-state index is 12.3. The van der Waals surface area contributed by atoms with Crippen molar-refractivity contribution in [3.05, 3.63) is 71.3 Å². The number of rotatable bonds is 4. The summed E-state index contributed by atoms with van der Waals surface area (Å²) >= 11 is 0. The molecule has 0 bridgehead atoms. The second kappa shape index (κ2) is 7.35. The number of benzene rings is 2. The molecular formula is C18H16O5. The molecule has 0 fully saturated rings. The highest BCUT2D eigenvalue weighted by molar-refractivity contribution is 5.94. The highest BCUT2D eigenvalue weighted by atomic mass is 16.6. The first-order chi connectivity index (χ1) is 11.0. The van der Waals surface area contributed by atoms with E-state index in [-0.39, 0.29) is 0 Å². The van der Waals surface area contributed by atoms with Crippen molar-refractivity contribution in [3.8, 4) is 0 Å². The van der Waals surface area contributed by atoms with E-state index in [1.807, 2.05) is 0 Å². The van der Waals surface area contributed by atoms with Crippen LogP contribution in [0.2, 0.25) is 0 Å². The van der Waals surface area contributed by atoms with Crippen LogP contribution >= 0.6 is 0 Å². The smallest absolute Gasteiger partial charge is 0.359 e. The summed E-state index contributed by atoms with van der Waals surface area (Å²) in [6.45, 7) is 2.88. The number of hydrogen-bond donors (Lipinski definition) is 0. The zero-order chi connectivity index (χ0) is 16.8.